The highest BCUT2D eigenvalue weighted by atomic mass is 15.2. The quantitative estimate of drug-likeness (QED) is 0.171. The van der Waals surface area contributed by atoms with E-state index in [2.05, 4.69) is 176 Å². The molecule has 0 bridgehead atoms. The lowest BCUT2D eigenvalue weighted by molar-refractivity contribution is 0.719. The molecule has 256 valence electrons. The molecule has 0 amide bonds. The molecule has 0 atom stereocenters. The van der Waals surface area contributed by atoms with Crippen molar-refractivity contribution in [2.75, 3.05) is 9.80 Å². The Kier molecular flexibility index (Phi) is 7.37. The number of benzene rings is 6. The molecule has 0 unspecified atom stereocenters. The number of hydrogen-bond donors (Lipinski definition) is 0. The van der Waals surface area contributed by atoms with Gasteiger partial charge in [0.15, 0.2) is 0 Å². The summed E-state index contributed by atoms with van der Waals surface area (Å²) >= 11 is 0. The fourth-order valence-corrected chi connectivity index (χ4v) is 8.49. The number of aromatic nitrogens is 2. The van der Waals surface area contributed by atoms with Gasteiger partial charge < -0.3 is 14.6 Å². The molecular formula is C49H30N6. The van der Waals surface area contributed by atoms with Gasteiger partial charge in [0.2, 0.25) is 0 Å². The summed E-state index contributed by atoms with van der Waals surface area (Å²) in [5.41, 5.74) is 15.2. The maximum atomic E-state index is 9.24. The maximum absolute atomic E-state index is 9.24. The van der Waals surface area contributed by atoms with E-state index < -0.39 is 5.41 Å². The SMILES string of the molecule is [C-]#[N+]c1ccc(-c2ccc(N3c4ccccc4C4(c5ccccc5N(c5ccc(-c6ccc(C#N)nc6)cc5)c5ccccc54)c4ccccc43)cc2)cn1. The Labute approximate surface area is 319 Å². The predicted octanol–water partition coefficient (Wildman–Crippen LogP) is 12.2. The average molecular weight is 703 g/mol. The van der Waals surface area contributed by atoms with E-state index in [9.17, 15) is 5.26 Å². The van der Waals surface area contributed by atoms with Gasteiger partial charge in [-0.15, -0.1) is 4.98 Å². The number of hydrogen-bond acceptors (Lipinski definition) is 5. The molecule has 2 aliphatic heterocycles. The summed E-state index contributed by atoms with van der Waals surface area (Å²) in [6.07, 6.45) is 3.52. The smallest absolute Gasteiger partial charge is 0.269 e. The van der Waals surface area contributed by atoms with Crippen LogP contribution in [0.5, 0.6) is 0 Å². The van der Waals surface area contributed by atoms with Crippen LogP contribution in [0.4, 0.5) is 39.9 Å². The molecule has 0 N–H and O–H groups in total. The summed E-state index contributed by atoms with van der Waals surface area (Å²) in [6, 6.07) is 62.0. The van der Waals surface area contributed by atoms with E-state index in [0.717, 1.165) is 56.4 Å². The normalized spacial score (nSPS) is 13.1. The molecular weight excluding hydrogens is 673 g/mol. The average Bonchev–Trinajstić information content (AvgIpc) is 3.27. The molecule has 6 nitrogen and oxygen atoms in total. The van der Waals surface area contributed by atoms with Crippen LogP contribution in [0, 0.1) is 17.9 Å². The molecule has 4 heterocycles. The number of pyridine rings is 2. The first-order valence-corrected chi connectivity index (χ1v) is 18.1. The van der Waals surface area contributed by atoms with Crippen molar-refractivity contribution in [1.29, 1.82) is 5.26 Å². The first-order chi connectivity index (χ1) is 27.2. The minimum absolute atomic E-state index is 0.389. The van der Waals surface area contributed by atoms with Crippen LogP contribution in [0.2, 0.25) is 0 Å². The second-order valence-corrected chi connectivity index (χ2v) is 13.6. The van der Waals surface area contributed by atoms with Crippen molar-refractivity contribution in [3.05, 3.63) is 222 Å². The Morgan fingerprint density at radius 2 is 0.836 bits per heavy atom. The van der Waals surface area contributed by atoms with Gasteiger partial charge in [0.25, 0.3) is 5.82 Å². The molecule has 1 spiro atoms. The number of fused-ring (bicyclic) bond motifs is 8. The zero-order chi connectivity index (χ0) is 36.9. The third-order valence-corrected chi connectivity index (χ3v) is 10.9. The lowest BCUT2D eigenvalue weighted by atomic mass is 9.60. The largest absolute Gasteiger partial charge is 0.361 e. The van der Waals surface area contributed by atoms with Crippen molar-refractivity contribution in [3.63, 3.8) is 0 Å². The van der Waals surface area contributed by atoms with Crippen LogP contribution in [0.1, 0.15) is 27.9 Å². The van der Waals surface area contributed by atoms with Crippen LogP contribution in [0.3, 0.4) is 0 Å². The molecule has 0 saturated heterocycles. The molecule has 0 radical (unpaired) electrons. The Balaban J connectivity index is 1.14. The first-order valence-electron chi connectivity index (χ1n) is 18.1. The van der Waals surface area contributed by atoms with E-state index in [4.69, 9.17) is 6.57 Å². The Hall–Kier alpha value is -7.80. The highest BCUT2D eigenvalue weighted by molar-refractivity contribution is 5.96. The van der Waals surface area contributed by atoms with Crippen LogP contribution < -0.4 is 9.80 Å². The zero-order valence-electron chi connectivity index (χ0n) is 29.5. The highest BCUT2D eigenvalue weighted by Gasteiger charge is 2.51. The number of para-hydroxylation sites is 4. The number of anilines is 6. The van der Waals surface area contributed by atoms with Crippen LogP contribution in [0.15, 0.2) is 182 Å². The fraction of sp³-hybridized carbons (Fsp3) is 0.0204. The Bertz CT molecular complexity index is 2530. The van der Waals surface area contributed by atoms with Crippen molar-refractivity contribution in [2.45, 2.75) is 5.41 Å². The monoisotopic (exact) mass is 702 g/mol. The van der Waals surface area contributed by atoms with Gasteiger partial charge in [-0.1, -0.05) is 110 Å². The molecule has 2 aromatic heterocycles. The Morgan fingerprint density at radius 1 is 0.455 bits per heavy atom. The fourth-order valence-electron chi connectivity index (χ4n) is 8.49. The standard InChI is InChI=1S/C49H30N6/c1-51-48-29-23-36(32-53-48)34-21-27-39(28-22-34)55-46-16-8-4-12-42(46)49(43-13-5-9-17-47(43)55)40-10-2-6-14-44(40)54(45-15-7-3-11-41(45)49)38-25-19-33(20-26-38)35-18-24-37(30-50)52-31-35/h2-29,31-32H. The van der Waals surface area contributed by atoms with E-state index in [1.54, 1.807) is 24.5 Å². The Morgan fingerprint density at radius 3 is 1.18 bits per heavy atom. The number of nitrogens with zero attached hydrogens (tertiary/aromatic N) is 6. The second kappa shape index (κ2) is 12.7. The topological polar surface area (TPSA) is 60.4 Å². The van der Waals surface area contributed by atoms with E-state index in [1.807, 2.05) is 12.1 Å². The van der Waals surface area contributed by atoms with E-state index in [1.165, 1.54) is 22.3 Å². The van der Waals surface area contributed by atoms with Gasteiger partial charge in [0.05, 0.1) is 28.2 Å². The van der Waals surface area contributed by atoms with Crippen LogP contribution >= 0.6 is 0 Å². The molecule has 10 rings (SSSR count). The van der Waals surface area contributed by atoms with Crippen molar-refractivity contribution in [3.8, 4) is 28.3 Å². The van der Waals surface area contributed by atoms with Crippen molar-refractivity contribution < 1.29 is 0 Å². The number of nitriles is 1. The predicted molar refractivity (Wildman–Crippen MR) is 219 cm³/mol. The summed E-state index contributed by atoms with van der Waals surface area (Å²) in [5.74, 6) is 0.389. The summed E-state index contributed by atoms with van der Waals surface area (Å²) in [7, 11) is 0. The minimum atomic E-state index is -0.613. The minimum Gasteiger partial charge on any atom is -0.361 e. The van der Waals surface area contributed by atoms with Gasteiger partial charge in [-0.3, -0.25) is 0 Å². The van der Waals surface area contributed by atoms with Crippen LogP contribution in [0.25, 0.3) is 27.1 Å². The summed E-state index contributed by atoms with van der Waals surface area (Å²) in [6.45, 7) is 7.27. The molecule has 8 aromatic rings. The molecule has 0 saturated carbocycles. The van der Waals surface area contributed by atoms with Gasteiger partial charge in [0, 0.05) is 28.7 Å². The maximum Gasteiger partial charge on any atom is 0.269 e. The van der Waals surface area contributed by atoms with Crippen LogP contribution in [-0.2, 0) is 5.41 Å². The van der Waals surface area contributed by atoms with Crippen molar-refractivity contribution in [1.82, 2.24) is 9.97 Å². The van der Waals surface area contributed by atoms with Crippen molar-refractivity contribution >= 4 is 39.9 Å². The van der Waals surface area contributed by atoms with E-state index in [-0.39, 0.29) is 0 Å². The molecule has 55 heavy (non-hydrogen) atoms. The molecule has 0 aliphatic carbocycles. The third kappa shape index (κ3) is 4.87. The zero-order valence-corrected chi connectivity index (χ0v) is 29.5. The lowest BCUT2D eigenvalue weighted by Gasteiger charge is -2.51. The lowest BCUT2D eigenvalue weighted by Crippen LogP contribution is -2.41. The van der Waals surface area contributed by atoms with Crippen LogP contribution in [-0.4, -0.2) is 9.97 Å². The van der Waals surface area contributed by atoms with Gasteiger partial charge in [-0.25, -0.2) is 4.98 Å². The summed E-state index contributed by atoms with van der Waals surface area (Å²) in [5, 5.41) is 9.24. The van der Waals surface area contributed by atoms with Gasteiger partial charge in [-0.2, -0.15) is 5.26 Å². The highest BCUT2D eigenvalue weighted by Crippen LogP contribution is 2.63. The third-order valence-electron chi connectivity index (χ3n) is 10.9. The summed E-state index contributed by atoms with van der Waals surface area (Å²) < 4.78 is 0. The van der Waals surface area contributed by atoms with Gasteiger partial charge >= 0.3 is 0 Å². The van der Waals surface area contributed by atoms with Gasteiger partial charge in [-0.05, 0) is 100 Å². The molecule has 6 aromatic carbocycles. The molecule has 0 fully saturated rings. The summed E-state index contributed by atoms with van der Waals surface area (Å²) in [4.78, 5) is 16.8. The number of rotatable bonds is 4. The van der Waals surface area contributed by atoms with Gasteiger partial charge in [0.1, 0.15) is 18.0 Å². The second-order valence-electron chi connectivity index (χ2n) is 13.6. The van der Waals surface area contributed by atoms with Crippen molar-refractivity contribution in [2.24, 2.45) is 0 Å². The van der Waals surface area contributed by atoms with E-state index in [0.29, 0.717) is 11.5 Å². The first kappa shape index (κ1) is 31.9. The molecule has 2 aliphatic rings. The van der Waals surface area contributed by atoms with E-state index >= 15 is 0 Å². The molecule has 6 heteroatoms.